The molecule has 26 heavy (non-hydrogen) atoms. The zero-order chi connectivity index (χ0) is 18.2. The van der Waals surface area contributed by atoms with Crippen molar-refractivity contribution in [1.29, 1.82) is 0 Å². The van der Waals surface area contributed by atoms with Gasteiger partial charge in [-0.25, -0.2) is 0 Å². The molecule has 0 saturated carbocycles. The predicted octanol–water partition coefficient (Wildman–Crippen LogP) is 4.51. The molecule has 0 fully saturated rings. The van der Waals surface area contributed by atoms with Crippen LogP contribution in [0.2, 0.25) is 0 Å². The summed E-state index contributed by atoms with van der Waals surface area (Å²) >= 11 is 0. The molecule has 0 spiro atoms. The molecule has 0 bridgehead atoms. The Kier molecular flexibility index (Phi) is 6.00. The fraction of sp³-hybridized carbons (Fsp3) is 0.167. The van der Waals surface area contributed by atoms with E-state index in [0.717, 1.165) is 16.7 Å². The Morgan fingerprint density at radius 3 is 1.50 bits per heavy atom. The lowest BCUT2D eigenvalue weighted by atomic mass is 9.77. The zero-order valence-electron chi connectivity index (χ0n) is 15.0. The smallest absolute Gasteiger partial charge is 0.0948 e. The molecule has 3 aromatic rings. The van der Waals surface area contributed by atoms with Crippen LogP contribution in [-0.2, 0) is 5.54 Å². The number of aliphatic hydroxyl groups excluding tert-OH is 1. The predicted molar refractivity (Wildman–Crippen MR) is 108 cm³/mol. The van der Waals surface area contributed by atoms with Gasteiger partial charge in [-0.1, -0.05) is 103 Å². The van der Waals surface area contributed by atoms with Crippen LogP contribution in [0, 0.1) is 0 Å². The van der Waals surface area contributed by atoms with E-state index in [-0.39, 0.29) is 0 Å². The molecule has 0 heterocycles. The van der Waals surface area contributed by atoms with Crippen molar-refractivity contribution in [2.75, 3.05) is 6.54 Å². The van der Waals surface area contributed by atoms with Crippen molar-refractivity contribution in [3.8, 4) is 0 Å². The van der Waals surface area contributed by atoms with Crippen LogP contribution in [0.1, 0.15) is 23.6 Å². The maximum absolute atomic E-state index is 10.3. The first-order valence-electron chi connectivity index (χ1n) is 9.00. The summed E-state index contributed by atoms with van der Waals surface area (Å²) in [5, 5.41) is 14.0. The molecule has 0 radical (unpaired) electrons. The van der Waals surface area contributed by atoms with E-state index < -0.39 is 11.6 Å². The Hall–Kier alpha value is -2.68. The van der Waals surface area contributed by atoms with Gasteiger partial charge in [0.15, 0.2) is 0 Å². The van der Waals surface area contributed by atoms with E-state index in [0.29, 0.717) is 6.54 Å². The van der Waals surface area contributed by atoms with Crippen molar-refractivity contribution >= 4 is 0 Å². The molecule has 1 atom stereocenters. The highest BCUT2D eigenvalue weighted by Gasteiger charge is 2.35. The summed E-state index contributed by atoms with van der Waals surface area (Å²) < 4.78 is 0. The van der Waals surface area contributed by atoms with Crippen LogP contribution < -0.4 is 5.32 Å². The van der Waals surface area contributed by atoms with E-state index >= 15 is 0 Å². The van der Waals surface area contributed by atoms with Crippen molar-refractivity contribution in [3.05, 3.63) is 120 Å². The number of aliphatic hydroxyl groups is 1. The van der Waals surface area contributed by atoms with Gasteiger partial charge in [0, 0.05) is 6.54 Å². The lowest BCUT2D eigenvalue weighted by molar-refractivity contribution is 0.208. The minimum absolute atomic E-state index is 0.447. The van der Waals surface area contributed by atoms with Gasteiger partial charge in [-0.2, -0.15) is 0 Å². The largest absolute Gasteiger partial charge is 0.388 e. The van der Waals surface area contributed by atoms with Gasteiger partial charge in [0.2, 0.25) is 0 Å². The number of hydrogen-bond acceptors (Lipinski definition) is 2. The average Bonchev–Trinajstić information content (AvgIpc) is 2.71. The minimum Gasteiger partial charge on any atom is -0.388 e. The molecule has 1 unspecified atom stereocenters. The maximum Gasteiger partial charge on any atom is 0.0948 e. The standard InChI is InChI=1S/C24H25NO/c1-2-12-23(26)19-25-24(20-13-6-3-7-14-20,21-15-8-4-9-16-21)22-17-10-5-11-18-22/h2-18,23,25-26H,19H2,1H3/b12-2+. The molecule has 3 aromatic carbocycles. The molecule has 0 amide bonds. The highest BCUT2D eigenvalue weighted by atomic mass is 16.3. The van der Waals surface area contributed by atoms with Gasteiger partial charge < -0.3 is 5.11 Å². The number of hydrogen-bond donors (Lipinski definition) is 2. The van der Waals surface area contributed by atoms with E-state index in [1.54, 1.807) is 6.08 Å². The lowest BCUT2D eigenvalue weighted by Crippen LogP contribution is -2.47. The third-order valence-electron chi connectivity index (χ3n) is 4.61. The van der Waals surface area contributed by atoms with E-state index in [1.807, 2.05) is 31.2 Å². The minimum atomic E-state index is -0.546. The summed E-state index contributed by atoms with van der Waals surface area (Å²) in [5.74, 6) is 0. The van der Waals surface area contributed by atoms with E-state index in [4.69, 9.17) is 0 Å². The van der Waals surface area contributed by atoms with E-state index in [9.17, 15) is 5.11 Å². The molecule has 0 aliphatic rings. The van der Waals surface area contributed by atoms with Crippen molar-refractivity contribution in [1.82, 2.24) is 5.32 Å². The number of nitrogens with one attached hydrogen (secondary N) is 1. The summed E-state index contributed by atoms with van der Waals surface area (Å²) in [6.07, 6.45) is 3.14. The third kappa shape index (κ3) is 3.77. The number of rotatable bonds is 7. The van der Waals surface area contributed by atoms with E-state index in [2.05, 4.69) is 78.1 Å². The Bertz CT molecular complexity index is 716. The number of benzene rings is 3. The zero-order valence-corrected chi connectivity index (χ0v) is 15.0. The van der Waals surface area contributed by atoms with Gasteiger partial charge in [-0.15, -0.1) is 0 Å². The van der Waals surface area contributed by atoms with Gasteiger partial charge in [-0.05, 0) is 23.6 Å². The second-order valence-electron chi connectivity index (χ2n) is 6.32. The topological polar surface area (TPSA) is 32.3 Å². The fourth-order valence-electron chi connectivity index (χ4n) is 3.42. The van der Waals surface area contributed by atoms with Crippen molar-refractivity contribution in [2.45, 2.75) is 18.6 Å². The van der Waals surface area contributed by atoms with Crippen LogP contribution in [0.4, 0.5) is 0 Å². The maximum atomic E-state index is 10.3. The van der Waals surface area contributed by atoms with Crippen LogP contribution >= 0.6 is 0 Å². The average molecular weight is 343 g/mol. The first-order chi connectivity index (χ1) is 12.8. The summed E-state index contributed by atoms with van der Waals surface area (Å²) in [4.78, 5) is 0. The van der Waals surface area contributed by atoms with Gasteiger partial charge >= 0.3 is 0 Å². The Morgan fingerprint density at radius 2 is 1.15 bits per heavy atom. The molecular weight excluding hydrogens is 318 g/mol. The SMILES string of the molecule is C/C=C/C(O)CNC(c1ccccc1)(c1ccccc1)c1ccccc1. The molecule has 0 aliphatic heterocycles. The van der Waals surface area contributed by atoms with Crippen molar-refractivity contribution in [3.63, 3.8) is 0 Å². The summed E-state index contributed by atoms with van der Waals surface area (Å²) in [5.41, 5.74) is 2.90. The van der Waals surface area contributed by atoms with E-state index in [1.165, 1.54) is 0 Å². The van der Waals surface area contributed by atoms with Gasteiger partial charge in [0.25, 0.3) is 0 Å². The van der Waals surface area contributed by atoms with Crippen LogP contribution in [-0.4, -0.2) is 17.8 Å². The molecule has 2 heteroatoms. The van der Waals surface area contributed by atoms with Gasteiger partial charge in [0.1, 0.15) is 0 Å². The first-order valence-corrected chi connectivity index (χ1v) is 9.00. The fourth-order valence-corrected chi connectivity index (χ4v) is 3.42. The van der Waals surface area contributed by atoms with Crippen LogP contribution in [0.15, 0.2) is 103 Å². The first kappa shape index (κ1) is 18.1. The Balaban J connectivity index is 2.18. The monoisotopic (exact) mass is 343 g/mol. The molecule has 132 valence electrons. The molecule has 2 N–H and O–H groups in total. The second-order valence-corrected chi connectivity index (χ2v) is 6.32. The third-order valence-corrected chi connectivity index (χ3v) is 4.61. The molecule has 0 aliphatic carbocycles. The highest BCUT2D eigenvalue weighted by Crippen LogP contribution is 2.36. The summed E-state index contributed by atoms with van der Waals surface area (Å²) in [6, 6.07) is 31.2. The van der Waals surface area contributed by atoms with Crippen molar-refractivity contribution in [2.24, 2.45) is 0 Å². The highest BCUT2D eigenvalue weighted by molar-refractivity contribution is 5.49. The quantitative estimate of drug-likeness (QED) is 0.489. The molecule has 0 aromatic heterocycles. The van der Waals surface area contributed by atoms with Gasteiger partial charge in [0.05, 0.1) is 11.6 Å². The van der Waals surface area contributed by atoms with Gasteiger partial charge in [-0.3, -0.25) is 5.32 Å². The van der Waals surface area contributed by atoms with Crippen LogP contribution in [0.5, 0.6) is 0 Å². The van der Waals surface area contributed by atoms with Crippen molar-refractivity contribution < 1.29 is 5.11 Å². The summed E-state index contributed by atoms with van der Waals surface area (Å²) in [7, 11) is 0. The molecule has 3 rings (SSSR count). The molecule has 2 nitrogen and oxygen atoms in total. The Labute approximate surface area is 155 Å². The normalized spacial score (nSPS) is 13.0. The van der Waals surface area contributed by atoms with Crippen LogP contribution in [0.25, 0.3) is 0 Å². The molecular formula is C24H25NO. The molecule has 0 saturated heterocycles. The van der Waals surface area contributed by atoms with Crippen LogP contribution in [0.3, 0.4) is 0 Å². The number of allylic oxidation sites excluding steroid dienone is 1. The summed E-state index contributed by atoms with van der Waals surface area (Å²) in [6.45, 7) is 2.37. The Morgan fingerprint density at radius 1 is 0.769 bits per heavy atom. The lowest BCUT2D eigenvalue weighted by Gasteiger charge is -2.37. The second kappa shape index (κ2) is 8.61.